The van der Waals surface area contributed by atoms with E-state index in [1.165, 1.54) is 5.75 Å². The van der Waals surface area contributed by atoms with E-state index in [4.69, 9.17) is 28.4 Å². The topological polar surface area (TPSA) is 89.5 Å². The normalized spacial score (nSPS) is 19.5. The van der Waals surface area contributed by atoms with Crippen molar-refractivity contribution in [1.82, 2.24) is 0 Å². The number of ether oxygens (including phenoxy) is 6. The van der Waals surface area contributed by atoms with Crippen molar-refractivity contribution in [2.24, 2.45) is 0 Å². The van der Waals surface area contributed by atoms with Crippen molar-refractivity contribution >= 4 is 59.0 Å². The highest BCUT2D eigenvalue weighted by atomic mass is 32.2. The Labute approximate surface area is 314 Å². The van der Waals surface area contributed by atoms with Crippen LogP contribution < -0.4 is 9.47 Å². The standard InChI is InChI=1S/C38H50O8S4/c1-8-34(39)45-31(18-41-20-32-22-47-10-12-49-32)19-42-36-25(3)14-29(15-26(36)4)30-16-27(5)37(28(6)17-30)43-24-38(7,46-35(40)9-2)44-21-33-23-48-11-13-50-33/h8-9,14-17,31-33H,1-2,10-13,18-24H2,3-7H3. The molecule has 8 nitrogen and oxygen atoms in total. The second-order valence-corrected chi connectivity index (χ2v) is 17.6. The number of hydrogen-bond donors (Lipinski definition) is 0. The molecule has 4 rings (SSSR count). The molecular weight excluding hydrogens is 713 g/mol. The molecule has 12 heteroatoms. The second kappa shape index (κ2) is 20.1. The van der Waals surface area contributed by atoms with Crippen molar-refractivity contribution in [3.63, 3.8) is 0 Å². The lowest BCUT2D eigenvalue weighted by atomic mass is 9.96. The summed E-state index contributed by atoms with van der Waals surface area (Å²) in [7, 11) is 0. The smallest absolute Gasteiger partial charge is 0.332 e. The number of carbonyl (C=O) groups excluding carboxylic acids is 2. The zero-order chi connectivity index (χ0) is 36.1. The van der Waals surface area contributed by atoms with E-state index >= 15 is 0 Å². The number of rotatable bonds is 18. The van der Waals surface area contributed by atoms with Gasteiger partial charge in [0.25, 0.3) is 0 Å². The lowest BCUT2D eigenvalue weighted by Crippen LogP contribution is -2.42. The minimum absolute atomic E-state index is 0.0369. The Morgan fingerprint density at radius 3 is 1.80 bits per heavy atom. The summed E-state index contributed by atoms with van der Waals surface area (Å²) in [4.78, 5) is 24.3. The first-order valence-corrected chi connectivity index (χ1v) is 21.2. The molecule has 4 atom stereocenters. The van der Waals surface area contributed by atoms with Crippen LogP contribution in [0.3, 0.4) is 0 Å². The summed E-state index contributed by atoms with van der Waals surface area (Å²) >= 11 is 7.67. The van der Waals surface area contributed by atoms with Crippen LogP contribution in [0.5, 0.6) is 11.5 Å². The molecule has 0 aromatic heterocycles. The van der Waals surface area contributed by atoms with Crippen molar-refractivity contribution in [3.05, 3.63) is 71.8 Å². The molecule has 2 aliphatic heterocycles. The predicted octanol–water partition coefficient (Wildman–Crippen LogP) is 7.62. The molecule has 2 aliphatic rings. The maximum atomic E-state index is 12.2. The van der Waals surface area contributed by atoms with Crippen molar-refractivity contribution in [1.29, 1.82) is 0 Å². The van der Waals surface area contributed by atoms with E-state index in [1.54, 1.807) is 6.92 Å². The highest BCUT2D eigenvalue weighted by molar-refractivity contribution is 8.07. The van der Waals surface area contributed by atoms with Gasteiger partial charge >= 0.3 is 11.9 Å². The van der Waals surface area contributed by atoms with Crippen LogP contribution in [0.15, 0.2) is 49.6 Å². The Kier molecular flexibility index (Phi) is 16.3. The van der Waals surface area contributed by atoms with Crippen LogP contribution >= 0.6 is 47.0 Å². The maximum absolute atomic E-state index is 12.2. The molecule has 2 aromatic carbocycles. The molecule has 2 heterocycles. The molecule has 274 valence electrons. The molecule has 0 saturated carbocycles. The molecule has 2 fully saturated rings. The van der Waals surface area contributed by atoms with E-state index in [9.17, 15) is 9.59 Å². The number of thioether (sulfide) groups is 4. The largest absolute Gasteiger partial charge is 0.489 e. The summed E-state index contributed by atoms with van der Waals surface area (Å²) in [6, 6.07) is 8.37. The summed E-state index contributed by atoms with van der Waals surface area (Å²) in [5, 5.41) is 0.780. The first-order chi connectivity index (χ1) is 24.0. The highest BCUT2D eigenvalue weighted by Crippen LogP contribution is 2.35. The number of esters is 2. The van der Waals surface area contributed by atoms with Gasteiger partial charge in [0.1, 0.15) is 18.1 Å². The summed E-state index contributed by atoms with van der Waals surface area (Å²) < 4.78 is 35.9. The monoisotopic (exact) mass is 762 g/mol. The lowest BCUT2D eigenvalue weighted by Gasteiger charge is -2.32. The van der Waals surface area contributed by atoms with Crippen LogP contribution in [0.25, 0.3) is 11.1 Å². The third-order valence-electron chi connectivity index (χ3n) is 8.03. The quantitative estimate of drug-likeness (QED) is 0.0851. The van der Waals surface area contributed by atoms with Crippen molar-refractivity contribution in [2.75, 3.05) is 67.6 Å². The first kappa shape index (κ1) is 40.5. The Morgan fingerprint density at radius 2 is 1.30 bits per heavy atom. The van der Waals surface area contributed by atoms with Crippen molar-refractivity contribution < 1.29 is 38.0 Å². The van der Waals surface area contributed by atoms with Crippen LogP contribution in [0.2, 0.25) is 0 Å². The second-order valence-electron chi connectivity index (χ2n) is 12.5. The molecule has 0 amide bonds. The molecule has 2 aromatic rings. The number of carbonyl (C=O) groups is 2. The average molecular weight is 763 g/mol. The third kappa shape index (κ3) is 12.5. The van der Waals surface area contributed by atoms with Gasteiger partial charge in [0.15, 0.2) is 12.7 Å². The molecular formula is C38H50O8S4. The Hall–Kier alpha value is -2.22. The van der Waals surface area contributed by atoms with E-state index in [0.29, 0.717) is 23.7 Å². The minimum atomic E-state index is -1.27. The number of hydrogen-bond acceptors (Lipinski definition) is 12. The molecule has 2 saturated heterocycles. The first-order valence-electron chi connectivity index (χ1n) is 16.8. The lowest BCUT2D eigenvalue weighted by molar-refractivity contribution is -0.229. The Balaban J connectivity index is 1.41. The maximum Gasteiger partial charge on any atom is 0.332 e. The van der Waals surface area contributed by atoms with E-state index in [-0.39, 0.29) is 19.8 Å². The van der Waals surface area contributed by atoms with Gasteiger partial charge in [0.05, 0.1) is 19.8 Å². The molecule has 4 unspecified atom stereocenters. The molecule has 0 radical (unpaired) electrons. The minimum Gasteiger partial charge on any atom is -0.489 e. The predicted molar refractivity (Wildman–Crippen MR) is 210 cm³/mol. The van der Waals surface area contributed by atoms with Crippen LogP contribution in [-0.2, 0) is 28.5 Å². The number of benzene rings is 2. The average Bonchev–Trinajstić information content (AvgIpc) is 3.10. The van der Waals surface area contributed by atoms with Crippen molar-refractivity contribution in [2.45, 2.75) is 57.0 Å². The van der Waals surface area contributed by atoms with Gasteiger partial charge in [0.2, 0.25) is 5.79 Å². The summed E-state index contributed by atoms with van der Waals surface area (Å²) in [5.74, 6) is 5.75. The van der Waals surface area contributed by atoms with Gasteiger partial charge in [-0.2, -0.15) is 47.0 Å². The van der Waals surface area contributed by atoms with Gasteiger partial charge in [-0.15, -0.1) is 0 Å². The Morgan fingerprint density at radius 1 is 0.780 bits per heavy atom. The summed E-state index contributed by atoms with van der Waals surface area (Å²) in [6.45, 7) is 18.4. The van der Waals surface area contributed by atoms with Crippen LogP contribution in [0.4, 0.5) is 0 Å². The van der Waals surface area contributed by atoms with Gasteiger partial charge in [0, 0.05) is 64.1 Å². The van der Waals surface area contributed by atoms with E-state index < -0.39 is 23.8 Å². The van der Waals surface area contributed by atoms with Crippen LogP contribution in [0.1, 0.15) is 29.2 Å². The molecule has 0 spiro atoms. The summed E-state index contributed by atoms with van der Waals surface area (Å²) in [5.41, 5.74) is 5.91. The van der Waals surface area contributed by atoms with E-state index in [2.05, 4.69) is 37.4 Å². The fourth-order valence-electron chi connectivity index (χ4n) is 5.62. The zero-order valence-electron chi connectivity index (χ0n) is 29.8. The van der Waals surface area contributed by atoms with Gasteiger partial charge in [-0.1, -0.05) is 13.2 Å². The molecule has 0 N–H and O–H groups in total. The van der Waals surface area contributed by atoms with Crippen LogP contribution in [-0.4, -0.2) is 102 Å². The fourth-order valence-corrected chi connectivity index (χ4v) is 10.8. The molecule has 0 bridgehead atoms. The third-order valence-corrected chi connectivity index (χ3v) is 13.7. The molecule has 0 aliphatic carbocycles. The van der Waals surface area contributed by atoms with E-state index in [1.807, 2.05) is 74.7 Å². The number of aryl methyl sites for hydroxylation is 4. The van der Waals surface area contributed by atoms with Crippen LogP contribution in [0, 0.1) is 27.7 Å². The van der Waals surface area contributed by atoms with Crippen molar-refractivity contribution in [3.8, 4) is 22.6 Å². The van der Waals surface area contributed by atoms with Gasteiger partial charge in [-0.3, -0.25) is 0 Å². The van der Waals surface area contributed by atoms with Gasteiger partial charge < -0.3 is 28.4 Å². The van der Waals surface area contributed by atoms with E-state index in [0.717, 1.165) is 85.8 Å². The SMILES string of the molecule is C=CC(=O)OC(COCC1CSCCS1)COc1c(C)cc(-c2cc(C)c(OCC(C)(OCC3CSCCS3)OC(=O)C=C)c(C)c2)cc1C. The zero-order valence-corrected chi connectivity index (χ0v) is 33.1. The Bertz CT molecular complexity index is 1420. The molecule has 50 heavy (non-hydrogen) atoms. The summed E-state index contributed by atoms with van der Waals surface area (Å²) in [6.07, 6.45) is 1.74. The highest BCUT2D eigenvalue weighted by Gasteiger charge is 2.33. The fraction of sp³-hybridized carbons (Fsp3) is 0.526. The van der Waals surface area contributed by atoms with Gasteiger partial charge in [-0.25, -0.2) is 9.59 Å². The van der Waals surface area contributed by atoms with Gasteiger partial charge in [-0.05, 0) is 85.3 Å².